The van der Waals surface area contributed by atoms with E-state index in [1.807, 2.05) is 10.2 Å². The Labute approximate surface area is 200 Å². The molecule has 0 saturated carbocycles. The minimum atomic E-state index is -2.17. The van der Waals surface area contributed by atoms with Gasteiger partial charge in [0.25, 0.3) is 0 Å². The highest BCUT2D eigenvalue weighted by molar-refractivity contribution is 14.1. The first-order chi connectivity index (χ1) is 13.4. The van der Waals surface area contributed by atoms with E-state index in [2.05, 4.69) is 90.3 Å². The lowest BCUT2D eigenvalue weighted by atomic mass is 10.1. The topological polar surface area (TPSA) is 61.8 Å². The van der Waals surface area contributed by atoms with Crippen molar-refractivity contribution in [2.75, 3.05) is 0 Å². The zero-order valence-electron chi connectivity index (χ0n) is 20.8. The number of carbonyl (C=O) groups is 2. The molecule has 0 aromatic heterocycles. The minimum Gasteiger partial charge on any atom is -0.462 e. The highest BCUT2D eigenvalue weighted by Crippen LogP contribution is 2.41. The van der Waals surface area contributed by atoms with Crippen LogP contribution in [-0.2, 0) is 23.2 Å². The van der Waals surface area contributed by atoms with E-state index in [4.69, 9.17) is 13.6 Å². The number of esters is 1. The largest absolute Gasteiger partial charge is 0.462 e. The van der Waals surface area contributed by atoms with Crippen molar-refractivity contribution in [3.8, 4) is 0 Å². The molecule has 0 amide bonds. The third kappa shape index (κ3) is 9.62. The number of hydrogen-bond donors (Lipinski definition) is 0. The van der Waals surface area contributed by atoms with Gasteiger partial charge in [0.05, 0.1) is 18.6 Å². The molecule has 0 N–H and O–H groups in total. The van der Waals surface area contributed by atoms with Gasteiger partial charge >= 0.3 is 5.97 Å². The number of rotatable bonds is 11. The van der Waals surface area contributed by atoms with Gasteiger partial charge in [-0.2, -0.15) is 0 Å². The van der Waals surface area contributed by atoms with Gasteiger partial charge in [-0.1, -0.05) is 64.1 Å². The maximum absolute atomic E-state index is 12.7. The fourth-order valence-corrected chi connectivity index (χ4v) is 5.23. The molecule has 5 nitrogen and oxygen atoms in total. The van der Waals surface area contributed by atoms with Crippen LogP contribution in [0.4, 0.5) is 0 Å². The Morgan fingerprint density at radius 3 is 1.83 bits per heavy atom. The highest BCUT2D eigenvalue weighted by Gasteiger charge is 2.44. The first kappa shape index (κ1) is 30.0. The quantitative estimate of drug-likeness (QED) is 0.121. The molecule has 30 heavy (non-hydrogen) atoms. The molecule has 0 radical (unpaired) electrons. The van der Waals surface area contributed by atoms with E-state index in [0.29, 0.717) is 0 Å². The van der Waals surface area contributed by atoms with E-state index in [0.717, 1.165) is 6.29 Å². The highest BCUT2D eigenvalue weighted by atomic mass is 127. The van der Waals surface area contributed by atoms with Crippen LogP contribution in [0.5, 0.6) is 0 Å². The average molecular weight is 571 g/mol. The van der Waals surface area contributed by atoms with Crippen LogP contribution in [0.2, 0.25) is 36.3 Å². The fourth-order valence-electron chi connectivity index (χ4n) is 2.23. The van der Waals surface area contributed by atoms with Gasteiger partial charge in [0.15, 0.2) is 16.6 Å². The summed E-state index contributed by atoms with van der Waals surface area (Å²) >= 11 is 2.18. The van der Waals surface area contributed by atoms with E-state index < -0.39 is 28.8 Å². The second-order valence-corrected chi connectivity index (χ2v) is 21.2. The van der Waals surface area contributed by atoms with Crippen LogP contribution in [-0.4, -0.2) is 47.2 Å². The van der Waals surface area contributed by atoms with Crippen LogP contribution in [0.1, 0.15) is 61.3 Å². The van der Waals surface area contributed by atoms with Crippen LogP contribution in [0.3, 0.4) is 0 Å². The first-order valence-electron chi connectivity index (χ1n) is 10.6. The van der Waals surface area contributed by atoms with Crippen molar-refractivity contribution in [3.63, 3.8) is 0 Å². The zero-order valence-corrected chi connectivity index (χ0v) is 25.0. The molecule has 0 aliphatic rings. The second-order valence-electron chi connectivity index (χ2n) is 11.0. The maximum Gasteiger partial charge on any atom is 0.308 e. The summed E-state index contributed by atoms with van der Waals surface area (Å²) in [5.74, 6) is -0.362. The number of hydrogen-bond acceptors (Lipinski definition) is 5. The molecule has 0 fully saturated rings. The van der Waals surface area contributed by atoms with Gasteiger partial charge < -0.3 is 18.4 Å². The molecule has 176 valence electrons. The van der Waals surface area contributed by atoms with Gasteiger partial charge in [-0.15, -0.1) is 0 Å². The van der Waals surface area contributed by atoms with Crippen molar-refractivity contribution in [2.24, 2.45) is 0 Å². The van der Waals surface area contributed by atoms with Crippen molar-refractivity contribution in [1.29, 1.82) is 0 Å². The average Bonchev–Trinajstić information content (AvgIpc) is 2.51. The second kappa shape index (κ2) is 11.7. The Bertz CT molecular complexity index is 591. The van der Waals surface area contributed by atoms with E-state index in [-0.39, 0.29) is 35.0 Å². The summed E-state index contributed by atoms with van der Waals surface area (Å²) < 4.78 is 20.8. The lowest BCUT2D eigenvalue weighted by Gasteiger charge is -2.44. The van der Waals surface area contributed by atoms with Crippen LogP contribution >= 0.6 is 22.6 Å². The molecule has 0 aliphatic heterocycles. The van der Waals surface area contributed by atoms with Gasteiger partial charge in [0.1, 0.15) is 12.4 Å². The molecule has 0 spiro atoms. The molecule has 0 rings (SSSR count). The minimum absolute atomic E-state index is 0.00444. The third-order valence-electron chi connectivity index (χ3n) is 6.25. The Kier molecular flexibility index (Phi) is 11.7. The van der Waals surface area contributed by atoms with Crippen LogP contribution in [0, 0.1) is 0 Å². The Morgan fingerprint density at radius 2 is 1.43 bits per heavy atom. The number of aldehydes is 1. The molecule has 0 aromatic rings. The molecule has 0 bridgehead atoms. The molecular weight excluding hydrogens is 527 g/mol. The molecule has 8 heteroatoms. The standard InChI is InChI=1S/C22H43IO5Si2/c1-17(13-15-24)26-20(25)16-19(28-30(10,11)22(5,6)7)18(12-14-23)27-29(8,9)21(2,3)4/h12,14-15,17-19H,13,16H2,1-11H3/b14-12+/t17-,18+,19+/m1/s1. The Hall–Kier alpha value is -0.0362. The molecule has 3 atom stereocenters. The monoisotopic (exact) mass is 570 g/mol. The Morgan fingerprint density at radius 1 is 0.967 bits per heavy atom. The fraction of sp³-hybridized carbons (Fsp3) is 0.818. The number of carbonyl (C=O) groups excluding carboxylic acids is 2. The maximum atomic E-state index is 12.7. The van der Waals surface area contributed by atoms with Crippen LogP contribution in [0.25, 0.3) is 0 Å². The van der Waals surface area contributed by atoms with Crippen LogP contribution in [0.15, 0.2) is 10.2 Å². The van der Waals surface area contributed by atoms with Crippen molar-refractivity contribution >= 4 is 51.5 Å². The SMILES string of the molecule is C[C@H](CC=O)OC(=O)C[C@H](O[Si](C)(C)C(C)(C)C)[C@H](/C=C/I)O[Si](C)(C)C(C)(C)C. The van der Waals surface area contributed by atoms with Crippen molar-refractivity contribution < 1.29 is 23.2 Å². The summed E-state index contributed by atoms with van der Waals surface area (Å²) in [5, 5.41) is 0.0282. The van der Waals surface area contributed by atoms with Crippen LogP contribution < -0.4 is 0 Å². The third-order valence-corrected chi connectivity index (χ3v) is 15.6. The van der Waals surface area contributed by atoms with E-state index in [1.54, 1.807) is 6.92 Å². The van der Waals surface area contributed by atoms with Gasteiger partial charge in [0, 0.05) is 6.42 Å². The summed E-state index contributed by atoms with van der Waals surface area (Å²) in [7, 11) is -4.27. The normalized spacial score (nSPS) is 16.9. The van der Waals surface area contributed by atoms with Crippen molar-refractivity contribution in [1.82, 2.24) is 0 Å². The summed E-state index contributed by atoms with van der Waals surface area (Å²) in [6.45, 7) is 23.6. The first-order valence-corrected chi connectivity index (χ1v) is 17.7. The lowest BCUT2D eigenvalue weighted by Crippen LogP contribution is -2.52. The summed E-state index contributed by atoms with van der Waals surface area (Å²) in [5.41, 5.74) is 0. The van der Waals surface area contributed by atoms with Gasteiger partial charge in [-0.05, 0) is 53.3 Å². The summed E-state index contributed by atoms with van der Waals surface area (Å²) in [4.78, 5) is 23.4. The lowest BCUT2D eigenvalue weighted by molar-refractivity contribution is -0.151. The van der Waals surface area contributed by atoms with Crippen molar-refractivity contribution in [3.05, 3.63) is 10.2 Å². The predicted molar refractivity (Wildman–Crippen MR) is 138 cm³/mol. The van der Waals surface area contributed by atoms with Gasteiger partial charge in [0.2, 0.25) is 0 Å². The molecule has 0 aliphatic carbocycles. The number of halogens is 1. The van der Waals surface area contributed by atoms with Gasteiger partial charge in [-0.25, -0.2) is 0 Å². The Balaban J connectivity index is 5.90. The predicted octanol–water partition coefficient (Wildman–Crippen LogP) is 6.63. The zero-order chi connectivity index (χ0) is 24.0. The van der Waals surface area contributed by atoms with Gasteiger partial charge in [-0.3, -0.25) is 4.79 Å². The molecule has 0 unspecified atom stereocenters. The van der Waals surface area contributed by atoms with E-state index >= 15 is 0 Å². The smallest absolute Gasteiger partial charge is 0.308 e. The van der Waals surface area contributed by atoms with E-state index in [9.17, 15) is 9.59 Å². The summed E-state index contributed by atoms with van der Waals surface area (Å²) in [6.07, 6.45) is 1.81. The molecular formula is C22H43IO5Si2. The molecule has 0 aromatic carbocycles. The number of ether oxygens (including phenoxy) is 1. The molecule has 0 saturated heterocycles. The summed E-state index contributed by atoms with van der Waals surface area (Å²) in [6, 6.07) is 0. The molecule has 0 heterocycles. The van der Waals surface area contributed by atoms with Crippen molar-refractivity contribution in [2.45, 2.75) is 116 Å². The van der Waals surface area contributed by atoms with E-state index in [1.165, 1.54) is 0 Å².